The molecule has 1 aromatic carbocycles. The highest BCUT2D eigenvalue weighted by Gasteiger charge is 2.12. The average Bonchev–Trinajstić information content (AvgIpc) is 2.44. The van der Waals surface area contributed by atoms with Crippen LogP contribution in [-0.2, 0) is 6.42 Å². The molecule has 2 aromatic rings. The molecule has 4 nitrogen and oxygen atoms in total. The molecule has 0 aliphatic carbocycles. The second kappa shape index (κ2) is 6.52. The van der Waals surface area contributed by atoms with Gasteiger partial charge in [0.05, 0.1) is 0 Å². The van der Waals surface area contributed by atoms with Gasteiger partial charge in [-0.3, -0.25) is 9.78 Å². The monoisotopic (exact) mass is 333 g/mol. The van der Waals surface area contributed by atoms with Crippen LogP contribution >= 0.6 is 15.9 Å². The molecule has 0 saturated carbocycles. The Kier molecular flexibility index (Phi) is 4.74. The van der Waals surface area contributed by atoms with Gasteiger partial charge >= 0.3 is 0 Å². The Labute approximate surface area is 126 Å². The van der Waals surface area contributed by atoms with Crippen molar-refractivity contribution in [2.75, 3.05) is 19.3 Å². The lowest BCUT2D eigenvalue weighted by Gasteiger charge is -2.17. The Morgan fingerprint density at radius 3 is 2.65 bits per heavy atom. The van der Waals surface area contributed by atoms with E-state index in [1.165, 1.54) is 0 Å². The summed E-state index contributed by atoms with van der Waals surface area (Å²) in [5.74, 6) is -0.0351. The smallest absolute Gasteiger partial charge is 0.253 e. The number of carbonyl (C=O) groups excluding carboxylic acids is 1. The van der Waals surface area contributed by atoms with Crippen LogP contribution in [0.1, 0.15) is 15.9 Å². The summed E-state index contributed by atoms with van der Waals surface area (Å²) in [6, 6.07) is 9.15. The molecule has 1 amide bonds. The van der Waals surface area contributed by atoms with Crippen LogP contribution in [0.3, 0.4) is 0 Å². The van der Waals surface area contributed by atoms with Gasteiger partial charge in [0.2, 0.25) is 0 Å². The summed E-state index contributed by atoms with van der Waals surface area (Å²) in [5, 5.41) is 0. The van der Waals surface area contributed by atoms with Crippen molar-refractivity contribution in [1.82, 2.24) is 9.88 Å². The maximum atomic E-state index is 12.3. The quantitative estimate of drug-likeness (QED) is 0.875. The zero-order valence-corrected chi connectivity index (χ0v) is 12.8. The number of rotatable bonds is 4. The Bertz CT molecular complexity index is 581. The molecular formula is C15H16BrN3O. The SMILES string of the molecule is CN(CCc1ccncc1)C(=O)c1cc(N)cc(Br)c1. The molecule has 5 heteroatoms. The number of benzene rings is 1. The number of likely N-dealkylation sites (N-methyl/N-ethyl adjacent to an activating group) is 1. The van der Waals surface area contributed by atoms with E-state index in [4.69, 9.17) is 5.73 Å². The minimum Gasteiger partial charge on any atom is -0.399 e. The number of amides is 1. The van der Waals surface area contributed by atoms with E-state index in [0.717, 1.165) is 16.5 Å². The van der Waals surface area contributed by atoms with Crippen molar-refractivity contribution in [3.8, 4) is 0 Å². The van der Waals surface area contributed by atoms with Gasteiger partial charge < -0.3 is 10.6 Å². The lowest BCUT2D eigenvalue weighted by Crippen LogP contribution is -2.28. The third-order valence-corrected chi connectivity index (χ3v) is 3.46. The molecule has 0 radical (unpaired) electrons. The Morgan fingerprint density at radius 1 is 1.30 bits per heavy atom. The van der Waals surface area contributed by atoms with Gasteiger partial charge in [0.25, 0.3) is 5.91 Å². The van der Waals surface area contributed by atoms with Gasteiger partial charge in [0.1, 0.15) is 0 Å². The lowest BCUT2D eigenvalue weighted by atomic mass is 10.1. The summed E-state index contributed by atoms with van der Waals surface area (Å²) < 4.78 is 0.809. The van der Waals surface area contributed by atoms with Crippen LogP contribution in [0.15, 0.2) is 47.2 Å². The number of hydrogen-bond acceptors (Lipinski definition) is 3. The topological polar surface area (TPSA) is 59.2 Å². The number of nitrogen functional groups attached to an aromatic ring is 1. The maximum absolute atomic E-state index is 12.3. The van der Waals surface area contributed by atoms with Gasteiger partial charge in [-0.15, -0.1) is 0 Å². The van der Waals surface area contributed by atoms with E-state index in [-0.39, 0.29) is 5.91 Å². The molecule has 104 valence electrons. The molecule has 20 heavy (non-hydrogen) atoms. The van der Waals surface area contributed by atoms with Crippen molar-refractivity contribution >= 4 is 27.5 Å². The number of nitrogens with zero attached hydrogens (tertiary/aromatic N) is 2. The molecule has 0 atom stereocenters. The highest BCUT2D eigenvalue weighted by molar-refractivity contribution is 9.10. The molecule has 0 unspecified atom stereocenters. The van der Waals surface area contributed by atoms with Crippen molar-refractivity contribution in [2.45, 2.75) is 6.42 Å². The first-order valence-electron chi connectivity index (χ1n) is 6.26. The summed E-state index contributed by atoms with van der Waals surface area (Å²) in [4.78, 5) is 18.0. The number of carbonyl (C=O) groups is 1. The standard InChI is InChI=1S/C15H16BrN3O/c1-19(7-4-11-2-5-18-6-3-11)15(20)12-8-13(16)10-14(17)9-12/h2-3,5-6,8-10H,4,7,17H2,1H3. The van der Waals surface area contributed by atoms with Gasteiger partial charge in [-0.1, -0.05) is 15.9 Å². The third kappa shape index (κ3) is 3.81. The van der Waals surface area contributed by atoms with Crippen molar-refractivity contribution in [2.24, 2.45) is 0 Å². The zero-order valence-electron chi connectivity index (χ0n) is 11.2. The Morgan fingerprint density at radius 2 is 2.00 bits per heavy atom. The molecule has 0 bridgehead atoms. The van der Waals surface area contributed by atoms with E-state index in [1.807, 2.05) is 12.1 Å². The van der Waals surface area contributed by atoms with E-state index in [1.54, 1.807) is 42.5 Å². The molecule has 1 heterocycles. The van der Waals surface area contributed by atoms with Gasteiger partial charge in [-0.05, 0) is 42.3 Å². The minimum absolute atomic E-state index is 0.0351. The molecular weight excluding hydrogens is 318 g/mol. The van der Waals surface area contributed by atoms with E-state index in [0.29, 0.717) is 17.8 Å². The van der Waals surface area contributed by atoms with Gasteiger partial charge in [-0.25, -0.2) is 0 Å². The fraction of sp³-hybridized carbons (Fsp3) is 0.200. The van der Waals surface area contributed by atoms with Gasteiger partial charge in [0.15, 0.2) is 0 Å². The lowest BCUT2D eigenvalue weighted by molar-refractivity contribution is 0.0796. The molecule has 0 saturated heterocycles. The number of aromatic nitrogens is 1. The van der Waals surface area contributed by atoms with Gasteiger partial charge in [0, 0.05) is 41.7 Å². The first-order chi connectivity index (χ1) is 9.56. The Hall–Kier alpha value is -1.88. The van der Waals surface area contributed by atoms with E-state index in [9.17, 15) is 4.79 Å². The fourth-order valence-electron chi connectivity index (χ4n) is 1.90. The highest BCUT2D eigenvalue weighted by Crippen LogP contribution is 2.18. The zero-order chi connectivity index (χ0) is 14.5. The largest absolute Gasteiger partial charge is 0.399 e. The van der Waals surface area contributed by atoms with Crippen LogP contribution in [0.4, 0.5) is 5.69 Å². The predicted molar refractivity (Wildman–Crippen MR) is 83.5 cm³/mol. The van der Waals surface area contributed by atoms with Crippen LogP contribution in [0, 0.1) is 0 Å². The molecule has 1 aromatic heterocycles. The molecule has 2 N–H and O–H groups in total. The van der Waals surface area contributed by atoms with Crippen LogP contribution < -0.4 is 5.73 Å². The summed E-state index contributed by atoms with van der Waals surface area (Å²) in [5.41, 5.74) is 8.08. The number of hydrogen-bond donors (Lipinski definition) is 1. The number of pyridine rings is 1. The van der Waals surface area contributed by atoms with E-state index in [2.05, 4.69) is 20.9 Å². The molecule has 0 aliphatic rings. The number of anilines is 1. The van der Waals surface area contributed by atoms with Crippen LogP contribution in [0.25, 0.3) is 0 Å². The summed E-state index contributed by atoms with van der Waals surface area (Å²) in [7, 11) is 1.79. The maximum Gasteiger partial charge on any atom is 0.253 e. The fourth-order valence-corrected chi connectivity index (χ4v) is 2.41. The van der Waals surface area contributed by atoms with Crippen molar-refractivity contribution in [3.63, 3.8) is 0 Å². The van der Waals surface area contributed by atoms with Crippen molar-refractivity contribution < 1.29 is 4.79 Å². The van der Waals surface area contributed by atoms with Crippen LogP contribution in [0.5, 0.6) is 0 Å². The second-order valence-corrected chi connectivity index (χ2v) is 5.52. The normalized spacial score (nSPS) is 10.3. The average molecular weight is 334 g/mol. The van der Waals surface area contributed by atoms with E-state index >= 15 is 0 Å². The third-order valence-electron chi connectivity index (χ3n) is 3.00. The predicted octanol–water partition coefficient (Wildman–Crippen LogP) is 2.74. The Balaban J connectivity index is 2.01. The molecule has 0 fully saturated rings. The number of nitrogens with two attached hydrogens (primary N) is 1. The van der Waals surface area contributed by atoms with Crippen molar-refractivity contribution in [1.29, 1.82) is 0 Å². The first kappa shape index (κ1) is 14.5. The highest BCUT2D eigenvalue weighted by atomic mass is 79.9. The summed E-state index contributed by atoms with van der Waals surface area (Å²) in [6.45, 7) is 0.648. The minimum atomic E-state index is -0.0351. The first-order valence-corrected chi connectivity index (χ1v) is 7.06. The molecule has 0 spiro atoms. The van der Waals surface area contributed by atoms with Crippen molar-refractivity contribution in [3.05, 3.63) is 58.3 Å². The summed E-state index contributed by atoms with van der Waals surface area (Å²) in [6.07, 6.45) is 4.31. The second-order valence-electron chi connectivity index (χ2n) is 4.61. The molecule has 0 aliphatic heterocycles. The number of halogens is 1. The van der Waals surface area contributed by atoms with Crippen LogP contribution in [-0.4, -0.2) is 29.4 Å². The summed E-state index contributed by atoms with van der Waals surface area (Å²) >= 11 is 3.35. The van der Waals surface area contributed by atoms with Gasteiger partial charge in [-0.2, -0.15) is 0 Å². The van der Waals surface area contributed by atoms with Crippen LogP contribution in [0.2, 0.25) is 0 Å². The van der Waals surface area contributed by atoms with E-state index < -0.39 is 0 Å². The molecule has 2 rings (SSSR count).